The summed E-state index contributed by atoms with van der Waals surface area (Å²) in [6, 6.07) is 0. The smallest absolute Gasteiger partial charge is 0.340 e. The summed E-state index contributed by atoms with van der Waals surface area (Å²) in [5, 5.41) is 33.5. The van der Waals surface area contributed by atoms with Crippen LogP contribution in [0.2, 0.25) is 0 Å². The Morgan fingerprint density at radius 3 is 2.18 bits per heavy atom. The van der Waals surface area contributed by atoms with Gasteiger partial charge in [-0.05, 0) is 37.0 Å². The first-order valence-electron chi connectivity index (χ1n) is 15.9. The minimum atomic E-state index is -2.19. The summed E-state index contributed by atoms with van der Waals surface area (Å²) in [5.41, 5.74) is -6.00. The van der Waals surface area contributed by atoms with E-state index in [9.17, 15) is 34.5 Å². The SMILES string of the molecule is CC(=O)O[C@H]1C2C([C@@H]3[C@@H](O)[C@@H]4[C@H]([C@H](C)C(Cl)C5(Cl)OC(=O)[C@@](C)(O)[C@]45C)[C@@]3(C)[C@H]1OC(C)=O)[C@@H](O)C(=O)[C@H]1C[C@@H]3O[C@@H]3C[C@]21C. The fourth-order valence-electron chi connectivity index (χ4n) is 12.1. The van der Waals surface area contributed by atoms with Crippen LogP contribution in [-0.4, -0.2) is 91.7 Å². The molecule has 13 heteroatoms. The average molecular weight is 674 g/mol. The Kier molecular flexibility index (Phi) is 6.66. The summed E-state index contributed by atoms with van der Waals surface area (Å²) in [7, 11) is 0. The predicted octanol–water partition coefficient (Wildman–Crippen LogP) is 1.96. The Balaban J connectivity index is 1.49. The molecule has 5 aliphatic carbocycles. The number of alkyl halides is 2. The molecule has 3 N–H and O–H groups in total. The second kappa shape index (κ2) is 9.35. The Bertz CT molecular complexity index is 1390. The maximum Gasteiger partial charge on any atom is 0.340 e. The second-order valence-corrected chi connectivity index (χ2v) is 16.8. The van der Waals surface area contributed by atoms with Gasteiger partial charge in [-0.15, -0.1) is 11.6 Å². The maximum atomic E-state index is 14.1. The number of aliphatic hydroxyl groups excluding tert-OH is 2. The van der Waals surface area contributed by atoms with Crippen LogP contribution in [0, 0.1) is 57.7 Å². The number of esters is 3. The van der Waals surface area contributed by atoms with Gasteiger partial charge in [0.25, 0.3) is 0 Å². The van der Waals surface area contributed by atoms with Gasteiger partial charge in [0.05, 0.1) is 29.1 Å². The number of hydrogen-bond acceptors (Lipinski definition) is 11. The Hall–Kier alpha value is -1.50. The third kappa shape index (κ3) is 3.53. The third-order valence-electron chi connectivity index (χ3n) is 14.0. The van der Waals surface area contributed by atoms with Crippen molar-refractivity contribution < 1.29 is 53.4 Å². The minimum absolute atomic E-state index is 0.0959. The first-order chi connectivity index (χ1) is 20.7. The molecule has 11 nitrogen and oxygen atoms in total. The van der Waals surface area contributed by atoms with Crippen molar-refractivity contribution in [2.45, 2.75) is 114 Å². The number of aliphatic hydroxyl groups is 3. The molecule has 19 atom stereocenters. The lowest BCUT2D eigenvalue weighted by atomic mass is 9.41. The van der Waals surface area contributed by atoms with E-state index in [1.54, 1.807) is 20.8 Å². The Morgan fingerprint density at radius 1 is 0.956 bits per heavy atom. The molecule has 45 heavy (non-hydrogen) atoms. The molecule has 2 saturated heterocycles. The summed E-state index contributed by atoms with van der Waals surface area (Å²) in [6.07, 6.45) is -4.51. The first kappa shape index (κ1) is 32.1. The predicted molar refractivity (Wildman–Crippen MR) is 155 cm³/mol. The van der Waals surface area contributed by atoms with E-state index in [2.05, 4.69) is 0 Å². The number of ketones is 1. The molecule has 0 aromatic rings. The fourth-order valence-corrected chi connectivity index (χ4v) is 13.1. The number of halogens is 2. The Morgan fingerprint density at radius 2 is 1.58 bits per heavy atom. The van der Waals surface area contributed by atoms with Crippen LogP contribution in [0.1, 0.15) is 61.3 Å². The minimum Gasteiger partial charge on any atom is -0.458 e. The van der Waals surface area contributed by atoms with E-state index in [0.29, 0.717) is 12.8 Å². The largest absolute Gasteiger partial charge is 0.458 e. The number of carbonyl (C=O) groups is 4. The highest BCUT2D eigenvalue weighted by Gasteiger charge is 2.86. The van der Waals surface area contributed by atoms with Gasteiger partial charge in [-0.1, -0.05) is 39.3 Å². The van der Waals surface area contributed by atoms with Gasteiger partial charge in [0.15, 0.2) is 11.4 Å². The molecule has 2 heterocycles. The summed E-state index contributed by atoms with van der Waals surface area (Å²) < 4.78 is 23.8. The quantitative estimate of drug-likeness (QED) is 0.170. The zero-order valence-corrected chi connectivity index (χ0v) is 27.9. The van der Waals surface area contributed by atoms with E-state index in [-0.39, 0.29) is 18.0 Å². The van der Waals surface area contributed by atoms with E-state index in [1.807, 2.05) is 6.92 Å². The number of carbonyl (C=O) groups excluding carboxylic acids is 4. The molecular weight excluding hydrogens is 631 g/mol. The lowest BCUT2D eigenvalue weighted by Gasteiger charge is -2.65. The van der Waals surface area contributed by atoms with Gasteiger partial charge >= 0.3 is 17.9 Å². The number of epoxide rings is 1. The van der Waals surface area contributed by atoms with Gasteiger partial charge in [0.2, 0.25) is 5.06 Å². The van der Waals surface area contributed by atoms with Crippen LogP contribution in [0.5, 0.6) is 0 Å². The van der Waals surface area contributed by atoms with Crippen molar-refractivity contribution >= 4 is 46.9 Å². The van der Waals surface area contributed by atoms with E-state index in [4.69, 9.17) is 42.1 Å². The van der Waals surface area contributed by atoms with Gasteiger partial charge in [-0.25, -0.2) is 4.79 Å². The average Bonchev–Trinajstić information content (AvgIpc) is 3.61. The van der Waals surface area contributed by atoms with Crippen molar-refractivity contribution in [3.05, 3.63) is 0 Å². The zero-order valence-electron chi connectivity index (χ0n) is 26.4. The summed E-state index contributed by atoms with van der Waals surface area (Å²) in [6.45, 7) is 10.9. The molecule has 7 rings (SSSR count). The highest BCUT2D eigenvalue weighted by atomic mass is 35.5. The van der Waals surface area contributed by atoms with Crippen molar-refractivity contribution in [3.63, 3.8) is 0 Å². The van der Waals surface area contributed by atoms with Crippen molar-refractivity contribution in [3.8, 4) is 0 Å². The molecule has 0 aromatic heterocycles. The van der Waals surface area contributed by atoms with Crippen LogP contribution in [0.25, 0.3) is 0 Å². The molecule has 0 aromatic carbocycles. The van der Waals surface area contributed by atoms with E-state index in [0.717, 1.165) is 0 Å². The topological polar surface area (TPSA) is 169 Å². The van der Waals surface area contributed by atoms with Gasteiger partial charge < -0.3 is 34.3 Å². The van der Waals surface area contributed by atoms with Crippen molar-refractivity contribution in [1.29, 1.82) is 0 Å². The molecule has 0 spiro atoms. The molecule has 7 fully saturated rings. The summed E-state index contributed by atoms with van der Waals surface area (Å²) >= 11 is 14.2. The van der Waals surface area contributed by atoms with Gasteiger partial charge in [-0.3, -0.25) is 14.4 Å². The van der Waals surface area contributed by atoms with Crippen LogP contribution in [-0.2, 0) is 38.1 Å². The molecule has 2 aliphatic heterocycles. The highest BCUT2D eigenvalue weighted by Crippen LogP contribution is 2.78. The normalized spacial score (nSPS) is 60.6. The fraction of sp³-hybridized carbons (Fsp3) is 0.875. The number of rotatable bonds is 2. The zero-order chi connectivity index (χ0) is 33.1. The lowest BCUT2D eigenvalue weighted by molar-refractivity contribution is -0.261. The molecule has 5 saturated carbocycles. The molecule has 0 amide bonds. The van der Waals surface area contributed by atoms with E-state index >= 15 is 0 Å². The lowest BCUT2D eigenvalue weighted by Crippen LogP contribution is -2.72. The molecule has 4 unspecified atom stereocenters. The van der Waals surface area contributed by atoms with Crippen molar-refractivity contribution in [2.75, 3.05) is 0 Å². The molecular formula is C32H42Cl2O11. The molecule has 250 valence electrons. The van der Waals surface area contributed by atoms with Crippen LogP contribution >= 0.6 is 23.2 Å². The van der Waals surface area contributed by atoms with Crippen LogP contribution in [0.15, 0.2) is 0 Å². The van der Waals surface area contributed by atoms with Gasteiger partial charge in [0.1, 0.15) is 18.3 Å². The highest BCUT2D eigenvalue weighted by molar-refractivity contribution is 6.33. The molecule has 7 aliphatic rings. The van der Waals surface area contributed by atoms with Crippen LogP contribution < -0.4 is 0 Å². The third-order valence-corrected chi connectivity index (χ3v) is 15.5. The number of hydrogen-bond donors (Lipinski definition) is 3. The van der Waals surface area contributed by atoms with E-state index < -0.39 is 116 Å². The van der Waals surface area contributed by atoms with E-state index in [1.165, 1.54) is 20.8 Å². The van der Waals surface area contributed by atoms with Gasteiger partial charge in [-0.2, -0.15) is 0 Å². The summed E-state index contributed by atoms with van der Waals surface area (Å²) in [5.74, 6) is -8.16. The summed E-state index contributed by atoms with van der Waals surface area (Å²) in [4.78, 5) is 53.1. The van der Waals surface area contributed by atoms with Gasteiger partial charge in [0, 0.05) is 48.9 Å². The number of Topliss-reactive ketones (excluding diaryl/α,β-unsaturated/α-hetero) is 1. The van der Waals surface area contributed by atoms with Crippen LogP contribution in [0.4, 0.5) is 0 Å². The molecule has 0 radical (unpaired) electrons. The van der Waals surface area contributed by atoms with Crippen LogP contribution in [0.3, 0.4) is 0 Å². The van der Waals surface area contributed by atoms with Crippen molar-refractivity contribution in [2.24, 2.45) is 57.7 Å². The molecule has 0 bridgehead atoms. The second-order valence-electron chi connectivity index (χ2n) is 15.8. The number of ether oxygens (including phenoxy) is 4. The standard InChI is InChI=1S/C32H42Cl2O11/c1-10-17-20(30(6)31(7,41)27(40)45-32(30,34)25(10)33)23(39)18-16-19(24(42-11(2)35)26(29(17,18)5)43-12(3)36)28(4)9-15-14(44-15)8-13(28)21(37)22(16)38/h10,13-20,22-26,38-39,41H,8-9H2,1-7H3/t10-,13+,14-,15+,16?,17-,18+,19?,20-,22+,23+,24-,25?,26-,28-,29+,30-,31+,32?/m0/s1. The first-order valence-corrected chi connectivity index (χ1v) is 16.7. The number of fused-ring (bicyclic) bond motifs is 10. The Labute approximate surface area is 271 Å². The maximum absolute atomic E-state index is 14.1. The monoisotopic (exact) mass is 672 g/mol. The van der Waals surface area contributed by atoms with Crippen molar-refractivity contribution in [1.82, 2.24) is 0 Å².